The van der Waals surface area contributed by atoms with E-state index in [1.54, 1.807) is 0 Å². The SMILES string of the molecule is Cc1c(C)c(N)c2c(c1C)C[C@H](O)C2. The van der Waals surface area contributed by atoms with E-state index in [4.69, 9.17) is 5.73 Å². The van der Waals surface area contributed by atoms with Gasteiger partial charge < -0.3 is 10.8 Å². The number of nitrogens with two attached hydrogens (primary N) is 1. The van der Waals surface area contributed by atoms with Gasteiger partial charge in [0.25, 0.3) is 0 Å². The Labute approximate surface area is 84.7 Å². The van der Waals surface area contributed by atoms with E-state index in [2.05, 4.69) is 20.8 Å². The van der Waals surface area contributed by atoms with Crippen LogP contribution in [0.3, 0.4) is 0 Å². The highest BCUT2D eigenvalue weighted by molar-refractivity contribution is 5.64. The van der Waals surface area contributed by atoms with E-state index in [1.807, 2.05) is 0 Å². The Balaban J connectivity index is 2.70. The molecule has 0 unspecified atom stereocenters. The van der Waals surface area contributed by atoms with E-state index in [0.717, 1.165) is 18.5 Å². The van der Waals surface area contributed by atoms with Crippen molar-refractivity contribution < 1.29 is 5.11 Å². The Morgan fingerprint density at radius 1 is 1.00 bits per heavy atom. The molecule has 0 saturated heterocycles. The van der Waals surface area contributed by atoms with Gasteiger partial charge in [-0.3, -0.25) is 0 Å². The van der Waals surface area contributed by atoms with Crippen LogP contribution in [-0.4, -0.2) is 11.2 Å². The molecule has 1 aliphatic rings. The normalized spacial score (nSPS) is 19.9. The summed E-state index contributed by atoms with van der Waals surface area (Å²) in [6, 6.07) is 0. The summed E-state index contributed by atoms with van der Waals surface area (Å²) >= 11 is 0. The zero-order chi connectivity index (χ0) is 10.5. The maximum atomic E-state index is 9.63. The highest BCUT2D eigenvalue weighted by atomic mass is 16.3. The number of hydrogen-bond acceptors (Lipinski definition) is 2. The minimum Gasteiger partial charge on any atom is -0.398 e. The fourth-order valence-corrected chi connectivity index (χ4v) is 2.38. The second-order valence-corrected chi connectivity index (χ2v) is 4.31. The lowest BCUT2D eigenvalue weighted by molar-refractivity contribution is 0.187. The van der Waals surface area contributed by atoms with Crippen molar-refractivity contribution in [1.29, 1.82) is 0 Å². The molecule has 2 nitrogen and oxygen atoms in total. The maximum absolute atomic E-state index is 9.63. The van der Waals surface area contributed by atoms with Crippen molar-refractivity contribution in [1.82, 2.24) is 0 Å². The van der Waals surface area contributed by atoms with E-state index < -0.39 is 0 Å². The Bertz CT molecular complexity index is 359. The molecule has 0 aromatic heterocycles. The number of aliphatic hydroxyl groups excluding tert-OH is 1. The zero-order valence-electron chi connectivity index (χ0n) is 9.02. The average Bonchev–Trinajstić information content (AvgIpc) is 2.54. The van der Waals surface area contributed by atoms with Crippen LogP contribution in [0.15, 0.2) is 0 Å². The molecule has 0 aliphatic heterocycles. The smallest absolute Gasteiger partial charge is 0.0621 e. The molecule has 3 N–H and O–H groups in total. The Hall–Kier alpha value is -1.02. The number of nitrogen functional groups attached to an aromatic ring is 1. The van der Waals surface area contributed by atoms with Crippen LogP contribution in [0.2, 0.25) is 0 Å². The monoisotopic (exact) mass is 191 g/mol. The third-order valence-electron chi connectivity index (χ3n) is 3.55. The summed E-state index contributed by atoms with van der Waals surface area (Å²) in [4.78, 5) is 0. The molecule has 0 heterocycles. The van der Waals surface area contributed by atoms with Crippen LogP contribution in [0.5, 0.6) is 0 Å². The number of fused-ring (bicyclic) bond motifs is 1. The van der Waals surface area contributed by atoms with Gasteiger partial charge >= 0.3 is 0 Å². The van der Waals surface area contributed by atoms with Gasteiger partial charge in [0.05, 0.1) is 6.10 Å². The Morgan fingerprint density at radius 3 is 2.21 bits per heavy atom. The van der Waals surface area contributed by atoms with Gasteiger partial charge in [0.15, 0.2) is 0 Å². The molecule has 2 heteroatoms. The fourth-order valence-electron chi connectivity index (χ4n) is 2.38. The molecule has 0 amide bonds. The van der Waals surface area contributed by atoms with Gasteiger partial charge in [-0.05, 0) is 55.0 Å². The maximum Gasteiger partial charge on any atom is 0.0621 e. The number of benzene rings is 1. The van der Waals surface area contributed by atoms with Crippen molar-refractivity contribution in [3.8, 4) is 0 Å². The Morgan fingerprint density at radius 2 is 1.57 bits per heavy atom. The molecule has 0 radical (unpaired) electrons. The molecule has 2 rings (SSSR count). The molecule has 1 aliphatic carbocycles. The summed E-state index contributed by atoms with van der Waals surface area (Å²) in [5.41, 5.74) is 13.2. The summed E-state index contributed by atoms with van der Waals surface area (Å²) < 4.78 is 0. The average molecular weight is 191 g/mol. The largest absolute Gasteiger partial charge is 0.398 e. The quantitative estimate of drug-likeness (QED) is 0.612. The number of anilines is 1. The van der Waals surface area contributed by atoms with Gasteiger partial charge in [0.2, 0.25) is 0 Å². The van der Waals surface area contributed by atoms with E-state index in [0.29, 0.717) is 0 Å². The first-order valence-corrected chi connectivity index (χ1v) is 5.07. The molecule has 0 spiro atoms. The molecule has 1 aromatic rings. The van der Waals surface area contributed by atoms with Crippen molar-refractivity contribution >= 4 is 5.69 Å². The molecule has 0 saturated carbocycles. The van der Waals surface area contributed by atoms with Crippen molar-refractivity contribution in [2.75, 3.05) is 5.73 Å². The lowest BCUT2D eigenvalue weighted by Gasteiger charge is -2.14. The van der Waals surface area contributed by atoms with Gasteiger partial charge in [-0.25, -0.2) is 0 Å². The molecule has 1 aromatic carbocycles. The van der Waals surface area contributed by atoms with E-state index in [1.165, 1.54) is 27.8 Å². The van der Waals surface area contributed by atoms with Crippen LogP contribution in [-0.2, 0) is 12.8 Å². The van der Waals surface area contributed by atoms with Crippen LogP contribution in [0, 0.1) is 20.8 Å². The predicted octanol–water partition coefficient (Wildman–Crippen LogP) is 1.65. The second-order valence-electron chi connectivity index (χ2n) is 4.31. The van der Waals surface area contributed by atoms with Crippen LogP contribution in [0.25, 0.3) is 0 Å². The molecule has 76 valence electrons. The lowest BCUT2D eigenvalue weighted by atomic mass is 9.93. The molecule has 1 atom stereocenters. The number of hydrogen-bond donors (Lipinski definition) is 2. The van der Waals surface area contributed by atoms with Crippen molar-refractivity contribution in [3.05, 3.63) is 27.8 Å². The topological polar surface area (TPSA) is 46.2 Å². The summed E-state index contributed by atoms with van der Waals surface area (Å²) in [6.45, 7) is 6.29. The Kier molecular flexibility index (Phi) is 2.04. The first-order chi connectivity index (χ1) is 6.52. The summed E-state index contributed by atoms with van der Waals surface area (Å²) in [6.07, 6.45) is 1.27. The molecular formula is C12H17NO. The first kappa shape index (κ1) is 9.53. The molecule has 0 bridgehead atoms. The third-order valence-corrected chi connectivity index (χ3v) is 3.55. The van der Waals surface area contributed by atoms with Gasteiger partial charge in [-0.1, -0.05) is 0 Å². The third kappa shape index (κ3) is 1.14. The van der Waals surface area contributed by atoms with Crippen LogP contribution < -0.4 is 5.73 Å². The first-order valence-electron chi connectivity index (χ1n) is 5.07. The standard InChI is InChI=1S/C12H17NO/c1-6-7(2)10-4-9(14)5-11(10)12(13)8(6)3/h9,14H,4-5,13H2,1-3H3/t9-/m0/s1. The summed E-state index contributed by atoms with van der Waals surface area (Å²) in [5, 5.41) is 9.63. The van der Waals surface area contributed by atoms with Crippen molar-refractivity contribution in [3.63, 3.8) is 0 Å². The van der Waals surface area contributed by atoms with E-state index >= 15 is 0 Å². The number of aliphatic hydroxyl groups is 1. The molecule has 0 fully saturated rings. The van der Waals surface area contributed by atoms with Gasteiger partial charge in [-0.15, -0.1) is 0 Å². The lowest BCUT2D eigenvalue weighted by Crippen LogP contribution is -2.04. The van der Waals surface area contributed by atoms with Crippen LogP contribution in [0.4, 0.5) is 5.69 Å². The van der Waals surface area contributed by atoms with E-state index in [9.17, 15) is 5.11 Å². The fraction of sp³-hybridized carbons (Fsp3) is 0.500. The summed E-state index contributed by atoms with van der Waals surface area (Å²) in [5.74, 6) is 0. The van der Waals surface area contributed by atoms with Gasteiger partial charge in [0, 0.05) is 12.1 Å². The van der Waals surface area contributed by atoms with Crippen molar-refractivity contribution in [2.45, 2.75) is 39.7 Å². The van der Waals surface area contributed by atoms with E-state index in [-0.39, 0.29) is 6.10 Å². The summed E-state index contributed by atoms with van der Waals surface area (Å²) in [7, 11) is 0. The minimum absolute atomic E-state index is 0.229. The van der Waals surface area contributed by atoms with Crippen LogP contribution >= 0.6 is 0 Å². The van der Waals surface area contributed by atoms with Gasteiger partial charge in [-0.2, -0.15) is 0 Å². The highest BCUT2D eigenvalue weighted by Gasteiger charge is 2.25. The second kappa shape index (κ2) is 2.99. The zero-order valence-corrected chi connectivity index (χ0v) is 9.02. The highest BCUT2D eigenvalue weighted by Crippen LogP contribution is 2.35. The molecule has 14 heavy (non-hydrogen) atoms. The van der Waals surface area contributed by atoms with Crippen LogP contribution in [0.1, 0.15) is 27.8 Å². The minimum atomic E-state index is -0.229. The number of rotatable bonds is 0. The van der Waals surface area contributed by atoms with Crippen molar-refractivity contribution in [2.24, 2.45) is 0 Å². The molecular weight excluding hydrogens is 174 g/mol. The predicted molar refractivity (Wildman–Crippen MR) is 58.5 cm³/mol. The van der Waals surface area contributed by atoms with Gasteiger partial charge in [0.1, 0.15) is 0 Å².